The molecule has 6 heteroatoms. The fourth-order valence-corrected chi connectivity index (χ4v) is 2.51. The zero-order valence-electron chi connectivity index (χ0n) is 15.0. The van der Waals surface area contributed by atoms with Crippen LogP contribution in [0.15, 0.2) is 52.0 Å². The number of hydrogen-bond acceptors (Lipinski definition) is 4. The molecule has 138 valence electrons. The van der Waals surface area contributed by atoms with Crippen LogP contribution in [-0.2, 0) is 0 Å². The Hall–Kier alpha value is -2.34. The second-order valence-electron chi connectivity index (χ2n) is 5.67. The van der Waals surface area contributed by atoms with E-state index < -0.39 is 0 Å². The van der Waals surface area contributed by atoms with Gasteiger partial charge in [0.15, 0.2) is 11.5 Å². The van der Waals surface area contributed by atoms with Gasteiger partial charge in [0, 0.05) is 10.0 Å². The van der Waals surface area contributed by atoms with Crippen molar-refractivity contribution in [2.45, 2.75) is 26.2 Å². The minimum atomic E-state index is -0.267. The Morgan fingerprint density at radius 1 is 1.15 bits per heavy atom. The second kappa shape index (κ2) is 10.6. The van der Waals surface area contributed by atoms with Crippen LogP contribution in [0.1, 0.15) is 42.1 Å². The summed E-state index contributed by atoms with van der Waals surface area (Å²) < 4.78 is 12.0. The van der Waals surface area contributed by atoms with Crippen LogP contribution < -0.4 is 14.9 Å². The number of nitrogens with zero attached hydrogens (tertiary/aromatic N) is 1. The van der Waals surface area contributed by atoms with Crippen LogP contribution in [0.4, 0.5) is 0 Å². The number of methoxy groups -OCH3 is 1. The number of carbonyl (C=O) groups excluding carboxylic acids is 1. The van der Waals surface area contributed by atoms with E-state index in [1.54, 1.807) is 25.5 Å². The first-order valence-corrected chi connectivity index (χ1v) is 9.33. The van der Waals surface area contributed by atoms with Crippen molar-refractivity contribution in [1.82, 2.24) is 5.43 Å². The molecule has 0 radical (unpaired) electrons. The summed E-state index contributed by atoms with van der Waals surface area (Å²) in [7, 11) is 1.60. The number of unbranched alkanes of at least 4 members (excludes halogenated alkanes) is 2. The molecule has 2 aromatic carbocycles. The number of halogens is 1. The van der Waals surface area contributed by atoms with Gasteiger partial charge in [0.05, 0.1) is 19.9 Å². The van der Waals surface area contributed by atoms with Gasteiger partial charge in [-0.25, -0.2) is 5.43 Å². The molecule has 2 rings (SSSR count). The van der Waals surface area contributed by atoms with Crippen molar-refractivity contribution in [3.05, 3.63) is 58.1 Å². The van der Waals surface area contributed by atoms with Crippen LogP contribution in [-0.4, -0.2) is 25.8 Å². The monoisotopic (exact) mass is 418 g/mol. The Labute approximate surface area is 162 Å². The molecule has 0 bridgehead atoms. The quantitative estimate of drug-likeness (QED) is 0.361. The van der Waals surface area contributed by atoms with Gasteiger partial charge >= 0.3 is 0 Å². The van der Waals surface area contributed by atoms with E-state index in [1.807, 2.05) is 30.3 Å². The lowest BCUT2D eigenvalue weighted by Gasteiger charge is -2.11. The van der Waals surface area contributed by atoms with Crippen LogP contribution in [0.25, 0.3) is 0 Å². The first kappa shape index (κ1) is 20.0. The maximum absolute atomic E-state index is 12.0. The zero-order chi connectivity index (χ0) is 18.8. The van der Waals surface area contributed by atoms with Crippen molar-refractivity contribution in [3.8, 4) is 11.5 Å². The van der Waals surface area contributed by atoms with Gasteiger partial charge in [-0.05, 0) is 54.4 Å². The normalized spacial score (nSPS) is 10.7. The average Bonchev–Trinajstić information content (AvgIpc) is 2.66. The minimum absolute atomic E-state index is 0.267. The van der Waals surface area contributed by atoms with E-state index in [-0.39, 0.29) is 5.91 Å². The van der Waals surface area contributed by atoms with Gasteiger partial charge < -0.3 is 9.47 Å². The zero-order valence-corrected chi connectivity index (χ0v) is 16.6. The number of rotatable bonds is 9. The lowest BCUT2D eigenvalue weighted by molar-refractivity contribution is 0.0955. The number of benzene rings is 2. The molecule has 0 heterocycles. The highest BCUT2D eigenvalue weighted by Crippen LogP contribution is 2.27. The maximum Gasteiger partial charge on any atom is 0.271 e. The van der Waals surface area contributed by atoms with E-state index in [2.05, 4.69) is 33.4 Å². The Bertz CT molecular complexity index is 745. The fraction of sp³-hybridized carbons (Fsp3) is 0.300. The van der Waals surface area contributed by atoms with E-state index in [0.717, 1.165) is 29.3 Å². The topological polar surface area (TPSA) is 59.9 Å². The van der Waals surface area contributed by atoms with Crippen LogP contribution >= 0.6 is 15.9 Å². The van der Waals surface area contributed by atoms with Gasteiger partial charge in [-0.3, -0.25) is 4.79 Å². The van der Waals surface area contributed by atoms with Gasteiger partial charge in [0.1, 0.15) is 0 Å². The lowest BCUT2D eigenvalue weighted by atomic mass is 10.2. The molecule has 0 aliphatic rings. The first-order chi connectivity index (χ1) is 12.6. The molecule has 0 fully saturated rings. The molecule has 0 atom stereocenters. The fourth-order valence-electron chi connectivity index (χ4n) is 2.25. The third-order valence-electron chi connectivity index (χ3n) is 3.68. The molecule has 0 aromatic heterocycles. The molecule has 0 aliphatic heterocycles. The summed E-state index contributed by atoms with van der Waals surface area (Å²) in [5, 5.41) is 4.00. The molecule has 0 saturated carbocycles. The molecule has 0 saturated heterocycles. The summed E-state index contributed by atoms with van der Waals surface area (Å²) >= 11 is 3.34. The molecule has 26 heavy (non-hydrogen) atoms. The van der Waals surface area contributed by atoms with E-state index in [0.29, 0.717) is 23.7 Å². The number of amides is 1. The van der Waals surface area contributed by atoms with Gasteiger partial charge in [-0.2, -0.15) is 5.10 Å². The van der Waals surface area contributed by atoms with Crippen LogP contribution in [0, 0.1) is 0 Å². The third-order valence-corrected chi connectivity index (χ3v) is 4.21. The largest absolute Gasteiger partial charge is 0.493 e. The molecule has 2 aromatic rings. The molecule has 0 aliphatic carbocycles. The molecule has 1 amide bonds. The van der Waals surface area contributed by atoms with Crippen LogP contribution in [0.3, 0.4) is 0 Å². The molecule has 1 N–H and O–H groups in total. The van der Waals surface area contributed by atoms with E-state index in [9.17, 15) is 4.79 Å². The number of hydrazone groups is 1. The lowest BCUT2D eigenvalue weighted by Crippen LogP contribution is -2.17. The first-order valence-electron chi connectivity index (χ1n) is 8.54. The van der Waals surface area contributed by atoms with Gasteiger partial charge in [0.25, 0.3) is 5.91 Å². The van der Waals surface area contributed by atoms with Crippen molar-refractivity contribution in [2.75, 3.05) is 13.7 Å². The highest BCUT2D eigenvalue weighted by Gasteiger charge is 2.06. The number of ether oxygens (including phenoxy) is 2. The third kappa shape index (κ3) is 6.19. The highest BCUT2D eigenvalue weighted by atomic mass is 79.9. The van der Waals surface area contributed by atoms with Crippen molar-refractivity contribution in [3.63, 3.8) is 0 Å². The standard InChI is InChI=1S/C20H23BrN2O3/c1-3-4-5-12-26-18-11-6-15(13-19(18)25-2)14-22-23-20(24)16-7-9-17(21)10-8-16/h6-11,13-14H,3-5,12H2,1-2H3,(H,23,24)/b22-14+. The summed E-state index contributed by atoms with van der Waals surface area (Å²) in [6.45, 7) is 2.82. The second-order valence-corrected chi connectivity index (χ2v) is 6.59. The predicted molar refractivity (Wildman–Crippen MR) is 107 cm³/mol. The minimum Gasteiger partial charge on any atom is -0.493 e. The molecule has 0 unspecified atom stereocenters. The van der Waals surface area contributed by atoms with Crippen molar-refractivity contribution in [2.24, 2.45) is 5.10 Å². The summed E-state index contributed by atoms with van der Waals surface area (Å²) in [4.78, 5) is 12.0. The molecule has 5 nitrogen and oxygen atoms in total. The van der Waals surface area contributed by atoms with E-state index >= 15 is 0 Å². The Morgan fingerprint density at radius 2 is 1.92 bits per heavy atom. The number of nitrogens with one attached hydrogen (secondary N) is 1. The SMILES string of the molecule is CCCCCOc1ccc(/C=N/NC(=O)c2ccc(Br)cc2)cc1OC. The molecular weight excluding hydrogens is 396 g/mol. The van der Waals surface area contributed by atoms with Gasteiger partial charge in [0.2, 0.25) is 0 Å². The van der Waals surface area contributed by atoms with Crippen molar-refractivity contribution < 1.29 is 14.3 Å². The molecule has 0 spiro atoms. The van der Waals surface area contributed by atoms with Crippen LogP contribution in [0.2, 0.25) is 0 Å². The molecular formula is C20H23BrN2O3. The number of hydrogen-bond donors (Lipinski definition) is 1. The summed E-state index contributed by atoms with van der Waals surface area (Å²) in [5.41, 5.74) is 3.86. The Morgan fingerprint density at radius 3 is 2.62 bits per heavy atom. The van der Waals surface area contributed by atoms with Crippen LogP contribution in [0.5, 0.6) is 11.5 Å². The Balaban J connectivity index is 1.94. The number of carbonyl (C=O) groups is 1. The van der Waals surface area contributed by atoms with Gasteiger partial charge in [-0.15, -0.1) is 0 Å². The summed E-state index contributed by atoms with van der Waals surface area (Å²) in [5.74, 6) is 1.08. The average molecular weight is 419 g/mol. The van der Waals surface area contributed by atoms with E-state index in [1.165, 1.54) is 0 Å². The maximum atomic E-state index is 12.0. The van der Waals surface area contributed by atoms with Crippen molar-refractivity contribution in [1.29, 1.82) is 0 Å². The van der Waals surface area contributed by atoms with E-state index in [4.69, 9.17) is 9.47 Å². The van der Waals surface area contributed by atoms with Gasteiger partial charge in [-0.1, -0.05) is 35.7 Å². The Kier molecular flexibility index (Phi) is 8.15. The van der Waals surface area contributed by atoms with Crippen molar-refractivity contribution >= 4 is 28.1 Å². The highest BCUT2D eigenvalue weighted by molar-refractivity contribution is 9.10. The predicted octanol–water partition coefficient (Wildman–Crippen LogP) is 4.79. The summed E-state index contributed by atoms with van der Waals surface area (Å²) in [6.07, 6.45) is 4.89. The smallest absolute Gasteiger partial charge is 0.271 e. The summed E-state index contributed by atoms with van der Waals surface area (Å²) in [6, 6.07) is 12.6.